The Kier molecular flexibility index (Phi) is 4.83. The van der Waals surface area contributed by atoms with Crippen molar-refractivity contribution >= 4 is 23.4 Å². The van der Waals surface area contributed by atoms with Gasteiger partial charge in [-0.05, 0) is 13.0 Å². The molecular formula is C18H17ClO6. The summed E-state index contributed by atoms with van der Waals surface area (Å²) in [5.74, 6) is -2.04. The Morgan fingerprint density at radius 3 is 2.72 bits per heavy atom. The molecule has 2 aliphatic heterocycles. The largest absolute Gasteiger partial charge is 0.507 e. The van der Waals surface area contributed by atoms with Crippen molar-refractivity contribution in [2.75, 3.05) is 0 Å². The van der Waals surface area contributed by atoms with Crippen molar-refractivity contribution < 1.29 is 29.3 Å². The third-order valence-corrected chi connectivity index (χ3v) is 4.49. The van der Waals surface area contributed by atoms with E-state index in [0.717, 1.165) is 6.07 Å². The molecule has 0 aliphatic carbocycles. The van der Waals surface area contributed by atoms with Gasteiger partial charge in [0.1, 0.15) is 29.3 Å². The number of phenols is 2. The van der Waals surface area contributed by atoms with Crippen LogP contribution >= 0.6 is 11.6 Å². The van der Waals surface area contributed by atoms with E-state index in [4.69, 9.17) is 21.1 Å². The summed E-state index contributed by atoms with van der Waals surface area (Å²) in [7, 11) is 0. The summed E-state index contributed by atoms with van der Waals surface area (Å²) in [5, 5.41) is 19.7. The van der Waals surface area contributed by atoms with E-state index in [2.05, 4.69) is 0 Å². The number of carbonyl (C=O) groups excluding carboxylic acids is 2. The van der Waals surface area contributed by atoms with E-state index >= 15 is 0 Å². The Bertz CT molecular complexity index is 782. The second kappa shape index (κ2) is 6.90. The minimum atomic E-state index is -0.802. The van der Waals surface area contributed by atoms with Crippen molar-refractivity contribution in [3.05, 3.63) is 46.5 Å². The zero-order valence-corrected chi connectivity index (χ0v) is 14.2. The molecule has 1 aromatic carbocycles. The molecule has 2 aliphatic rings. The Balaban J connectivity index is 2.01. The van der Waals surface area contributed by atoms with E-state index in [0.29, 0.717) is 6.42 Å². The van der Waals surface area contributed by atoms with Crippen LogP contribution in [0.4, 0.5) is 0 Å². The third kappa shape index (κ3) is 3.86. The smallest absolute Gasteiger partial charge is 0.342 e. The minimum Gasteiger partial charge on any atom is -0.507 e. The molecule has 2 heterocycles. The van der Waals surface area contributed by atoms with Crippen molar-refractivity contribution in [2.45, 2.75) is 38.1 Å². The molecule has 3 rings (SSSR count). The summed E-state index contributed by atoms with van der Waals surface area (Å²) in [6, 6.07) is 0.958. The van der Waals surface area contributed by atoms with Gasteiger partial charge in [0.25, 0.3) is 0 Å². The highest BCUT2D eigenvalue weighted by atomic mass is 35.5. The van der Waals surface area contributed by atoms with Crippen LogP contribution in [0.3, 0.4) is 0 Å². The monoisotopic (exact) mass is 364 g/mol. The van der Waals surface area contributed by atoms with Gasteiger partial charge in [0.2, 0.25) is 0 Å². The molecule has 2 N–H and O–H groups in total. The number of hydrogen-bond acceptors (Lipinski definition) is 6. The minimum absolute atomic E-state index is 0.0348. The Morgan fingerprint density at radius 1 is 1.20 bits per heavy atom. The molecule has 1 fully saturated rings. The van der Waals surface area contributed by atoms with Crippen LogP contribution in [0.5, 0.6) is 11.5 Å². The van der Waals surface area contributed by atoms with Crippen LogP contribution in [0, 0.1) is 0 Å². The predicted octanol–water partition coefficient (Wildman–Crippen LogP) is 2.69. The first-order valence-electron chi connectivity index (χ1n) is 7.84. The summed E-state index contributed by atoms with van der Waals surface area (Å²) >= 11 is 6.05. The van der Waals surface area contributed by atoms with E-state index in [-0.39, 0.29) is 40.6 Å². The molecule has 3 atom stereocenters. The van der Waals surface area contributed by atoms with E-state index in [9.17, 15) is 19.8 Å². The maximum Gasteiger partial charge on any atom is 0.342 e. The number of fused-ring (bicyclic) bond motifs is 2. The Morgan fingerprint density at radius 2 is 1.96 bits per heavy atom. The predicted molar refractivity (Wildman–Crippen MR) is 89.9 cm³/mol. The topological polar surface area (TPSA) is 96.4 Å². The second-order valence-corrected chi connectivity index (χ2v) is 6.44. The van der Waals surface area contributed by atoms with E-state index in [1.54, 1.807) is 19.1 Å². The molecule has 0 amide bonds. The van der Waals surface area contributed by atoms with Gasteiger partial charge in [-0.3, -0.25) is 4.79 Å². The van der Waals surface area contributed by atoms with Crippen molar-refractivity contribution in [1.29, 1.82) is 0 Å². The quantitative estimate of drug-likeness (QED) is 0.542. The summed E-state index contributed by atoms with van der Waals surface area (Å²) in [6.45, 7) is 1.72. The first-order chi connectivity index (χ1) is 11.9. The lowest BCUT2D eigenvalue weighted by atomic mass is 10.00. The lowest BCUT2D eigenvalue weighted by Gasteiger charge is -2.16. The molecule has 0 radical (unpaired) electrons. The SMILES string of the molecule is C[C@@H]1C[C@H]2O[C@@H]2/C=C/C=C\C(=O)Cc2c(Cl)c(O)cc(O)c2C(=O)O1. The van der Waals surface area contributed by atoms with Gasteiger partial charge in [-0.15, -0.1) is 0 Å². The number of esters is 1. The molecule has 6 nitrogen and oxygen atoms in total. The number of benzene rings is 1. The van der Waals surface area contributed by atoms with Gasteiger partial charge in [0.05, 0.1) is 11.1 Å². The molecule has 0 saturated carbocycles. The number of ketones is 1. The van der Waals surface area contributed by atoms with Crippen LogP contribution in [0.15, 0.2) is 30.4 Å². The second-order valence-electron chi connectivity index (χ2n) is 6.06. The lowest BCUT2D eigenvalue weighted by molar-refractivity contribution is -0.114. The molecular weight excluding hydrogens is 348 g/mol. The highest BCUT2D eigenvalue weighted by molar-refractivity contribution is 6.33. The molecule has 7 heteroatoms. The fourth-order valence-corrected chi connectivity index (χ4v) is 3.00. The average molecular weight is 365 g/mol. The normalized spacial score (nSPS) is 29.0. The van der Waals surface area contributed by atoms with Crippen molar-refractivity contribution in [2.24, 2.45) is 0 Å². The Hall–Kier alpha value is -2.31. The van der Waals surface area contributed by atoms with Crippen LogP contribution in [-0.4, -0.2) is 40.3 Å². The molecule has 132 valence electrons. The van der Waals surface area contributed by atoms with Gasteiger partial charge in [-0.2, -0.15) is 0 Å². The van der Waals surface area contributed by atoms with Gasteiger partial charge in [-0.25, -0.2) is 4.79 Å². The van der Waals surface area contributed by atoms with Crippen molar-refractivity contribution in [3.8, 4) is 11.5 Å². The number of phenolic OH excluding ortho intramolecular Hbond substituents is 2. The average Bonchev–Trinajstić information content (AvgIpc) is 3.25. The summed E-state index contributed by atoms with van der Waals surface area (Å²) in [4.78, 5) is 24.6. The highest BCUT2D eigenvalue weighted by Crippen LogP contribution is 2.37. The number of hydrogen-bond donors (Lipinski definition) is 2. The molecule has 0 spiro atoms. The number of epoxide rings is 1. The van der Waals surface area contributed by atoms with Gasteiger partial charge < -0.3 is 19.7 Å². The number of halogens is 1. The van der Waals surface area contributed by atoms with Gasteiger partial charge in [0, 0.05) is 24.5 Å². The number of rotatable bonds is 0. The van der Waals surface area contributed by atoms with Crippen LogP contribution in [0.25, 0.3) is 0 Å². The van der Waals surface area contributed by atoms with Gasteiger partial charge >= 0.3 is 5.97 Å². The van der Waals surface area contributed by atoms with Gasteiger partial charge in [0.15, 0.2) is 5.78 Å². The van der Waals surface area contributed by atoms with Crippen LogP contribution in [-0.2, 0) is 20.7 Å². The van der Waals surface area contributed by atoms with Crippen molar-refractivity contribution in [3.63, 3.8) is 0 Å². The molecule has 0 unspecified atom stereocenters. The maximum absolute atomic E-state index is 12.5. The summed E-state index contributed by atoms with van der Waals surface area (Å²) in [5.41, 5.74) is -0.176. The van der Waals surface area contributed by atoms with E-state index in [1.807, 2.05) is 6.08 Å². The first-order valence-corrected chi connectivity index (χ1v) is 8.22. The first kappa shape index (κ1) is 17.5. The highest BCUT2D eigenvalue weighted by Gasteiger charge is 2.38. The van der Waals surface area contributed by atoms with Gasteiger partial charge in [-0.1, -0.05) is 29.8 Å². The van der Waals surface area contributed by atoms with Crippen LogP contribution < -0.4 is 0 Å². The number of allylic oxidation sites excluding steroid dienone is 3. The standard InChI is InChI=1S/C18H17ClO6/c1-9-6-15-14(25-15)5-3-2-4-10(20)7-11-16(18(23)24-9)12(21)8-13(22)17(11)19/h2-5,8-9,14-15,21-22H,6-7H2,1H3/b4-2-,5-3+/t9-,14-,15-/m1/s1. The molecule has 1 saturated heterocycles. The number of carbonyl (C=O) groups is 2. The molecule has 0 aromatic heterocycles. The van der Waals surface area contributed by atoms with E-state index in [1.165, 1.54) is 6.08 Å². The molecule has 0 bridgehead atoms. The zero-order chi connectivity index (χ0) is 18.1. The number of aromatic hydroxyl groups is 2. The summed E-state index contributed by atoms with van der Waals surface area (Å²) < 4.78 is 10.8. The maximum atomic E-state index is 12.5. The third-order valence-electron chi connectivity index (χ3n) is 4.06. The van der Waals surface area contributed by atoms with Crippen LogP contribution in [0.2, 0.25) is 5.02 Å². The summed E-state index contributed by atoms with van der Waals surface area (Å²) in [6.07, 6.45) is 6.13. The van der Waals surface area contributed by atoms with E-state index < -0.39 is 23.6 Å². The van der Waals surface area contributed by atoms with Crippen LogP contribution in [0.1, 0.15) is 29.3 Å². The van der Waals surface area contributed by atoms with Crippen molar-refractivity contribution in [1.82, 2.24) is 0 Å². The molecule has 25 heavy (non-hydrogen) atoms. The fourth-order valence-electron chi connectivity index (χ4n) is 2.78. The molecule has 1 aromatic rings. The zero-order valence-electron chi connectivity index (χ0n) is 13.4. The lowest BCUT2D eigenvalue weighted by Crippen LogP contribution is -2.19. The number of ether oxygens (including phenoxy) is 2. The Labute approximate surface area is 149 Å². The fraction of sp³-hybridized carbons (Fsp3) is 0.333. The number of cyclic esters (lactones) is 1.